The van der Waals surface area contributed by atoms with Crippen LogP contribution in [0.1, 0.15) is 23.5 Å². The Kier molecular flexibility index (Phi) is 4.93. The van der Waals surface area contributed by atoms with Crippen molar-refractivity contribution in [1.29, 1.82) is 0 Å². The molecule has 0 saturated carbocycles. The van der Waals surface area contributed by atoms with E-state index in [0.717, 1.165) is 17.7 Å². The summed E-state index contributed by atoms with van der Waals surface area (Å²) >= 11 is 0. The third-order valence-electron chi connectivity index (χ3n) is 3.20. The largest absolute Gasteiger partial charge is 0.493 e. The second-order valence-corrected chi connectivity index (χ2v) is 4.64. The van der Waals surface area contributed by atoms with E-state index in [2.05, 4.69) is 24.0 Å². The van der Waals surface area contributed by atoms with E-state index in [1.807, 2.05) is 30.5 Å². The molecule has 1 unspecified atom stereocenters. The number of hydrogen-bond acceptors (Lipinski definition) is 3. The molecule has 0 radical (unpaired) electrons. The lowest BCUT2D eigenvalue weighted by Gasteiger charge is -2.18. The second kappa shape index (κ2) is 6.90. The summed E-state index contributed by atoms with van der Waals surface area (Å²) < 4.78 is 5.92. The summed E-state index contributed by atoms with van der Waals surface area (Å²) in [5, 5.41) is 0. The minimum atomic E-state index is 0.290. The molecule has 3 heteroatoms. The van der Waals surface area contributed by atoms with Crippen molar-refractivity contribution in [3.8, 4) is 5.75 Å². The smallest absolute Gasteiger partial charge is 0.122 e. The number of hydrogen-bond donors (Lipinski definition) is 1. The Morgan fingerprint density at radius 1 is 1.21 bits per heavy atom. The summed E-state index contributed by atoms with van der Waals surface area (Å²) in [4.78, 5) is 4.16. The molecule has 0 bridgehead atoms. The summed E-state index contributed by atoms with van der Waals surface area (Å²) in [5.74, 6) is 1.23. The molecule has 2 aromatic rings. The zero-order valence-electron chi connectivity index (χ0n) is 11.3. The van der Waals surface area contributed by atoms with Crippen LogP contribution >= 0.6 is 0 Å². The van der Waals surface area contributed by atoms with Gasteiger partial charge in [-0.15, -0.1) is 0 Å². The van der Waals surface area contributed by atoms with Crippen molar-refractivity contribution < 1.29 is 4.74 Å². The average Bonchev–Trinajstić information content (AvgIpc) is 2.46. The summed E-state index contributed by atoms with van der Waals surface area (Å²) in [7, 11) is 0. The predicted molar refractivity (Wildman–Crippen MR) is 77.3 cm³/mol. The number of pyridine rings is 1. The fraction of sp³-hybridized carbons (Fsp3) is 0.312. The SMILES string of the molecule is Cc1ccccc1OCC(CCN)c1cccnc1. The van der Waals surface area contributed by atoms with Crippen LogP contribution in [0.5, 0.6) is 5.75 Å². The van der Waals surface area contributed by atoms with Crippen molar-refractivity contribution in [2.45, 2.75) is 19.3 Å². The Morgan fingerprint density at radius 2 is 2.05 bits per heavy atom. The Hall–Kier alpha value is -1.87. The molecule has 1 atom stereocenters. The highest BCUT2D eigenvalue weighted by Gasteiger charge is 2.12. The molecule has 0 spiro atoms. The van der Waals surface area contributed by atoms with Crippen LogP contribution < -0.4 is 10.5 Å². The lowest BCUT2D eigenvalue weighted by atomic mass is 9.98. The topological polar surface area (TPSA) is 48.1 Å². The van der Waals surface area contributed by atoms with Gasteiger partial charge in [-0.3, -0.25) is 4.98 Å². The van der Waals surface area contributed by atoms with Crippen LogP contribution in [0.2, 0.25) is 0 Å². The number of ether oxygens (including phenoxy) is 1. The van der Waals surface area contributed by atoms with Gasteiger partial charge in [0.1, 0.15) is 5.75 Å². The van der Waals surface area contributed by atoms with E-state index in [9.17, 15) is 0 Å². The number of nitrogens with zero attached hydrogens (tertiary/aromatic N) is 1. The van der Waals surface area contributed by atoms with Crippen LogP contribution in [0.4, 0.5) is 0 Å². The normalized spacial score (nSPS) is 12.1. The summed E-state index contributed by atoms with van der Waals surface area (Å²) in [6.07, 6.45) is 4.57. The number of aromatic nitrogens is 1. The van der Waals surface area contributed by atoms with Gasteiger partial charge in [0, 0.05) is 18.3 Å². The van der Waals surface area contributed by atoms with Crippen LogP contribution in [-0.2, 0) is 0 Å². The zero-order chi connectivity index (χ0) is 13.5. The average molecular weight is 256 g/mol. The first-order valence-corrected chi connectivity index (χ1v) is 6.59. The molecule has 1 aromatic heterocycles. The molecule has 0 fully saturated rings. The van der Waals surface area contributed by atoms with E-state index in [1.54, 1.807) is 6.20 Å². The van der Waals surface area contributed by atoms with Gasteiger partial charge in [-0.25, -0.2) is 0 Å². The van der Waals surface area contributed by atoms with E-state index in [-0.39, 0.29) is 0 Å². The van der Waals surface area contributed by atoms with Gasteiger partial charge >= 0.3 is 0 Å². The molecule has 2 rings (SSSR count). The lowest BCUT2D eigenvalue weighted by molar-refractivity contribution is 0.281. The number of para-hydroxylation sites is 1. The Morgan fingerprint density at radius 3 is 2.74 bits per heavy atom. The maximum absolute atomic E-state index is 5.92. The van der Waals surface area contributed by atoms with Crippen LogP contribution in [-0.4, -0.2) is 18.1 Å². The molecule has 2 N–H and O–H groups in total. The Bertz CT molecular complexity index is 499. The highest BCUT2D eigenvalue weighted by atomic mass is 16.5. The molecule has 1 aromatic carbocycles. The predicted octanol–water partition coefficient (Wildman–Crippen LogP) is 2.90. The van der Waals surface area contributed by atoms with Crippen molar-refractivity contribution in [1.82, 2.24) is 4.98 Å². The highest BCUT2D eigenvalue weighted by molar-refractivity contribution is 5.32. The first-order chi connectivity index (χ1) is 9.31. The molecule has 19 heavy (non-hydrogen) atoms. The lowest BCUT2D eigenvalue weighted by Crippen LogP contribution is -2.15. The van der Waals surface area contributed by atoms with E-state index in [1.165, 1.54) is 5.56 Å². The number of rotatable bonds is 6. The van der Waals surface area contributed by atoms with E-state index < -0.39 is 0 Å². The van der Waals surface area contributed by atoms with Crippen LogP contribution in [0.25, 0.3) is 0 Å². The second-order valence-electron chi connectivity index (χ2n) is 4.64. The maximum Gasteiger partial charge on any atom is 0.122 e. The summed E-state index contributed by atoms with van der Waals surface area (Å²) in [6.45, 7) is 3.34. The fourth-order valence-electron chi connectivity index (χ4n) is 2.07. The maximum atomic E-state index is 5.92. The van der Waals surface area contributed by atoms with Gasteiger partial charge in [0.2, 0.25) is 0 Å². The third-order valence-corrected chi connectivity index (χ3v) is 3.20. The van der Waals surface area contributed by atoms with Gasteiger partial charge in [0.25, 0.3) is 0 Å². The number of aryl methyl sites for hydroxylation is 1. The monoisotopic (exact) mass is 256 g/mol. The quantitative estimate of drug-likeness (QED) is 0.864. The third kappa shape index (κ3) is 3.80. The zero-order valence-corrected chi connectivity index (χ0v) is 11.3. The summed E-state index contributed by atoms with van der Waals surface area (Å²) in [6, 6.07) is 12.1. The molecule has 0 amide bonds. The molecular weight excluding hydrogens is 236 g/mol. The van der Waals surface area contributed by atoms with Crippen LogP contribution in [0.15, 0.2) is 48.8 Å². The van der Waals surface area contributed by atoms with E-state index in [0.29, 0.717) is 19.1 Å². The van der Waals surface area contributed by atoms with Crippen molar-refractivity contribution in [3.63, 3.8) is 0 Å². The van der Waals surface area contributed by atoms with Crippen LogP contribution in [0.3, 0.4) is 0 Å². The highest BCUT2D eigenvalue weighted by Crippen LogP contribution is 2.22. The molecule has 0 aliphatic heterocycles. The molecule has 0 aliphatic carbocycles. The number of nitrogens with two attached hydrogens (primary N) is 1. The number of benzene rings is 1. The first-order valence-electron chi connectivity index (χ1n) is 6.59. The Labute approximate surface area is 114 Å². The molecule has 100 valence electrons. The minimum Gasteiger partial charge on any atom is -0.493 e. The molecule has 3 nitrogen and oxygen atoms in total. The van der Waals surface area contributed by atoms with Crippen molar-refractivity contribution in [3.05, 3.63) is 59.9 Å². The van der Waals surface area contributed by atoms with Gasteiger partial charge < -0.3 is 10.5 Å². The molecular formula is C16H20N2O. The standard InChI is InChI=1S/C16H20N2O/c1-13-5-2-3-7-16(13)19-12-15(8-9-17)14-6-4-10-18-11-14/h2-7,10-11,15H,8-9,12,17H2,1H3. The van der Waals surface area contributed by atoms with Gasteiger partial charge in [-0.1, -0.05) is 24.3 Å². The molecule has 0 saturated heterocycles. The minimum absolute atomic E-state index is 0.290. The first kappa shape index (κ1) is 13.6. The fourth-order valence-corrected chi connectivity index (χ4v) is 2.07. The van der Waals surface area contributed by atoms with Crippen LogP contribution in [0, 0.1) is 6.92 Å². The van der Waals surface area contributed by atoms with Gasteiger partial charge in [-0.2, -0.15) is 0 Å². The summed E-state index contributed by atoms with van der Waals surface area (Å²) in [5.41, 5.74) is 8.02. The van der Waals surface area contributed by atoms with Gasteiger partial charge in [0.15, 0.2) is 0 Å². The van der Waals surface area contributed by atoms with E-state index in [4.69, 9.17) is 10.5 Å². The van der Waals surface area contributed by atoms with Crippen molar-refractivity contribution >= 4 is 0 Å². The molecule has 1 heterocycles. The van der Waals surface area contributed by atoms with Gasteiger partial charge in [-0.05, 0) is 43.1 Å². The van der Waals surface area contributed by atoms with Crippen molar-refractivity contribution in [2.75, 3.05) is 13.2 Å². The van der Waals surface area contributed by atoms with E-state index >= 15 is 0 Å². The molecule has 0 aliphatic rings. The van der Waals surface area contributed by atoms with Crippen molar-refractivity contribution in [2.24, 2.45) is 5.73 Å². The Balaban J connectivity index is 2.04. The van der Waals surface area contributed by atoms with Gasteiger partial charge in [0.05, 0.1) is 6.61 Å².